The fraction of sp³-hybridized carbons (Fsp3) is 0.440. The minimum absolute atomic E-state index is 0.0192. The smallest absolute Gasteiger partial charge is 0.353 e. The zero-order valence-corrected chi connectivity index (χ0v) is 22.8. The highest BCUT2D eigenvalue weighted by Gasteiger charge is 2.60. The molecule has 0 spiro atoms. The number of aliphatic hydroxyl groups excluding tert-OH is 1. The molecule has 0 radical (unpaired) electrons. The van der Waals surface area contributed by atoms with Gasteiger partial charge in [-0.05, 0) is 36.4 Å². The van der Waals surface area contributed by atoms with Gasteiger partial charge in [-0.25, -0.2) is 23.3 Å². The number of hydrogen-bond donors (Lipinski definition) is 5. The Kier molecular flexibility index (Phi) is 7.18. The Hall–Kier alpha value is -3.04. The van der Waals surface area contributed by atoms with Crippen molar-refractivity contribution in [2.45, 2.75) is 55.3 Å². The summed E-state index contributed by atoms with van der Waals surface area (Å²) in [7, 11) is -3.91. The number of aliphatic hydroxyl groups is 1. The molecule has 6 atom stereocenters. The standard InChI is InChI=1S/C25H29N5O7S2/c1-11-20-19(12(2)31)24(33)30(20)21(25(34)35)22(11)38-16-7-17(27-10-16)23(32)29-8-13-3-4-14-6-18(39(26,36)37)28-9-15(14)5-13/h3-6,9,11-12,16-17,19-20,27,31H,7-8,10H2,1-2H3,(H,29,32)(H,34,35)(H2,26,36,37)/t11-,12-,16+,17+,19-,20-/m1/s1. The summed E-state index contributed by atoms with van der Waals surface area (Å²) in [5.74, 6) is -2.58. The molecule has 12 nitrogen and oxygen atoms in total. The van der Waals surface area contributed by atoms with E-state index in [9.17, 15) is 33.0 Å². The molecule has 0 saturated carbocycles. The molecule has 2 fully saturated rings. The number of thioether (sulfide) groups is 1. The summed E-state index contributed by atoms with van der Waals surface area (Å²) in [5.41, 5.74) is 0.789. The molecule has 1 aromatic carbocycles. The zero-order chi connectivity index (χ0) is 28.2. The minimum atomic E-state index is -3.91. The second kappa shape index (κ2) is 10.2. The monoisotopic (exact) mass is 575 g/mol. The van der Waals surface area contributed by atoms with Gasteiger partial charge in [-0.15, -0.1) is 11.8 Å². The number of benzene rings is 1. The third-order valence-corrected chi connectivity index (χ3v) is 9.85. The number of aromatic nitrogens is 1. The molecule has 5 rings (SSSR count). The van der Waals surface area contributed by atoms with Crippen molar-refractivity contribution in [2.24, 2.45) is 17.0 Å². The Balaban J connectivity index is 1.20. The number of aliphatic carboxylic acids is 1. The largest absolute Gasteiger partial charge is 0.477 e. The van der Waals surface area contributed by atoms with Gasteiger partial charge in [0.15, 0.2) is 5.03 Å². The van der Waals surface area contributed by atoms with Crippen molar-refractivity contribution in [3.8, 4) is 0 Å². The van der Waals surface area contributed by atoms with Gasteiger partial charge in [0.2, 0.25) is 11.8 Å². The third kappa shape index (κ3) is 5.02. The first kappa shape index (κ1) is 27.5. The molecule has 14 heteroatoms. The van der Waals surface area contributed by atoms with Crippen molar-refractivity contribution in [3.63, 3.8) is 0 Å². The molecule has 0 aliphatic carbocycles. The van der Waals surface area contributed by atoms with Crippen LogP contribution in [0, 0.1) is 11.8 Å². The van der Waals surface area contributed by atoms with Crippen molar-refractivity contribution in [1.29, 1.82) is 0 Å². The molecular weight excluding hydrogens is 546 g/mol. The Labute approximate surface area is 229 Å². The van der Waals surface area contributed by atoms with Crippen molar-refractivity contribution >= 4 is 50.3 Å². The average molecular weight is 576 g/mol. The molecule has 2 aromatic rings. The molecule has 39 heavy (non-hydrogen) atoms. The number of primary sulfonamides is 1. The van der Waals surface area contributed by atoms with Crippen LogP contribution in [-0.4, -0.2) is 76.3 Å². The first-order valence-electron chi connectivity index (χ1n) is 12.4. The van der Waals surface area contributed by atoms with Gasteiger partial charge in [-0.2, -0.15) is 0 Å². The van der Waals surface area contributed by atoms with E-state index in [0.29, 0.717) is 28.6 Å². The van der Waals surface area contributed by atoms with Crippen LogP contribution in [0.1, 0.15) is 25.8 Å². The number of nitrogens with two attached hydrogens (primary N) is 1. The maximum absolute atomic E-state index is 12.9. The number of hydrogen-bond acceptors (Lipinski definition) is 9. The summed E-state index contributed by atoms with van der Waals surface area (Å²) in [6, 6.07) is 5.89. The lowest BCUT2D eigenvalue weighted by molar-refractivity contribution is -0.163. The molecule has 3 aliphatic heterocycles. The number of carboxylic acid groups (broad SMARTS) is 1. The molecule has 4 heterocycles. The van der Waals surface area contributed by atoms with E-state index < -0.39 is 34.1 Å². The molecule has 208 valence electrons. The quantitative estimate of drug-likeness (QED) is 0.270. The van der Waals surface area contributed by atoms with E-state index in [1.807, 2.05) is 13.0 Å². The molecule has 0 unspecified atom stereocenters. The van der Waals surface area contributed by atoms with Gasteiger partial charge in [0, 0.05) is 40.7 Å². The minimum Gasteiger partial charge on any atom is -0.477 e. The van der Waals surface area contributed by atoms with Crippen LogP contribution in [-0.2, 0) is 31.0 Å². The second-order valence-corrected chi connectivity index (χ2v) is 13.0. The van der Waals surface area contributed by atoms with Crippen molar-refractivity contribution in [3.05, 3.63) is 46.6 Å². The second-order valence-electron chi connectivity index (χ2n) is 10.2. The number of β-lactam (4-membered cyclic amide) rings is 1. The predicted molar refractivity (Wildman–Crippen MR) is 142 cm³/mol. The van der Waals surface area contributed by atoms with Crippen LogP contribution < -0.4 is 15.8 Å². The maximum Gasteiger partial charge on any atom is 0.353 e. The van der Waals surface area contributed by atoms with Crippen LogP contribution in [0.25, 0.3) is 10.8 Å². The molecule has 0 bridgehead atoms. The zero-order valence-electron chi connectivity index (χ0n) is 21.2. The lowest BCUT2D eigenvalue weighted by Gasteiger charge is -2.46. The Morgan fingerprint density at radius 1 is 1.31 bits per heavy atom. The van der Waals surface area contributed by atoms with Crippen LogP contribution >= 0.6 is 11.8 Å². The number of sulfonamides is 1. The van der Waals surface area contributed by atoms with Gasteiger partial charge in [-0.1, -0.05) is 19.1 Å². The number of nitrogens with one attached hydrogen (secondary N) is 2. The molecule has 2 saturated heterocycles. The van der Waals surface area contributed by atoms with Gasteiger partial charge in [0.05, 0.1) is 24.1 Å². The van der Waals surface area contributed by atoms with Gasteiger partial charge < -0.3 is 25.7 Å². The molecule has 3 aliphatic rings. The number of carbonyl (C=O) groups is 3. The number of amides is 2. The Morgan fingerprint density at radius 3 is 2.72 bits per heavy atom. The van der Waals surface area contributed by atoms with E-state index in [2.05, 4.69) is 15.6 Å². The highest BCUT2D eigenvalue weighted by atomic mass is 32.2. The summed E-state index contributed by atoms with van der Waals surface area (Å²) in [5, 5.41) is 32.2. The summed E-state index contributed by atoms with van der Waals surface area (Å²) < 4.78 is 23.0. The highest BCUT2D eigenvalue weighted by Crippen LogP contribution is 2.51. The lowest BCUT2D eigenvalue weighted by atomic mass is 9.79. The van der Waals surface area contributed by atoms with E-state index in [1.54, 1.807) is 19.1 Å². The average Bonchev–Trinajstić information content (AvgIpc) is 3.43. The number of carboxylic acids is 1. The fourth-order valence-electron chi connectivity index (χ4n) is 5.60. The summed E-state index contributed by atoms with van der Waals surface area (Å²) in [4.78, 5) is 43.2. The normalized spacial score (nSPS) is 27.4. The summed E-state index contributed by atoms with van der Waals surface area (Å²) >= 11 is 1.38. The third-order valence-electron chi connectivity index (χ3n) is 7.53. The van der Waals surface area contributed by atoms with E-state index in [1.165, 1.54) is 28.9 Å². The summed E-state index contributed by atoms with van der Waals surface area (Å²) in [6.45, 7) is 4.17. The number of carbonyl (C=O) groups excluding carboxylic acids is 2. The van der Waals surface area contributed by atoms with Crippen molar-refractivity contribution in [2.75, 3.05) is 6.54 Å². The van der Waals surface area contributed by atoms with Gasteiger partial charge in [-0.3, -0.25) is 9.59 Å². The Bertz CT molecular complexity index is 1510. The van der Waals surface area contributed by atoms with Gasteiger partial charge in [0.25, 0.3) is 10.0 Å². The fourth-order valence-corrected chi connectivity index (χ4v) is 7.57. The topological polar surface area (TPSA) is 192 Å². The van der Waals surface area contributed by atoms with E-state index >= 15 is 0 Å². The molecular formula is C25H29N5O7S2. The SMILES string of the molecule is C[C@@H](O)[C@H]1C(=O)N2C(C(=O)O)=C(S[C@@H]3CN[C@H](C(=O)NCc4ccc5cc(S(N)(=O)=O)ncc5c4)C3)[C@H](C)[C@H]12. The van der Waals surface area contributed by atoms with Crippen LogP contribution in [0.4, 0.5) is 0 Å². The van der Waals surface area contributed by atoms with Crippen LogP contribution in [0.3, 0.4) is 0 Å². The Morgan fingerprint density at radius 2 is 2.05 bits per heavy atom. The first-order valence-corrected chi connectivity index (χ1v) is 14.9. The highest BCUT2D eigenvalue weighted by molar-refractivity contribution is 8.03. The number of fused-ring (bicyclic) bond motifs is 2. The van der Waals surface area contributed by atoms with Crippen LogP contribution in [0.15, 0.2) is 46.1 Å². The van der Waals surface area contributed by atoms with Crippen LogP contribution in [0.2, 0.25) is 0 Å². The van der Waals surface area contributed by atoms with Gasteiger partial charge in [0.1, 0.15) is 5.70 Å². The van der Waals surface area contributed by atoms with Crippen molar-refractivity contribution < 1.29 is 33.0 Å². The van der Waals surface area contributed by atoms with E-state index in [-0.39, 0.29) is 46.3 Å². The van der Waals surface area contributed by atoms with E-state index in [0.717, 1.165) is 5.56 Å². The lowest BCUT2D eigenvalue weighted by Crippen LogP contribution is -2.63. The predicted octanol–water partition coefficient (Wildman–Crippen LogP) is 0.116. The number of pyridine rings is 1. The maximum atomic E-state index is 12.9. The van der Waals surface area contributed by atoms with Crippen LogP contribution in [0.5, 0.6) is 0 Å². The number of nitrogens with zero attached hydrogens (tertiary/aromatic N) is 2. The van der Waals surface area contributed by atoms with Crippen molar-refractivity contribution in [1.82, 2.24) is 20.5 Å². The summed E-state index contributed by atoms with van der Waals surface area (Å²) in [6.07, 6.45) is 1.04. The molecule has 2 amide bonds. The number of rotatable bonds is 8. The van der Waals surface area contributed by atoms with E-state index in [4.69, 9.17) is 5.14 Å². The molecule has 1 aromatic heterocycles. The first-order chi connectivity index (χ1) is 18.4. The van der Waals surface area contributed by atoms with Gasteiger partial charge >= 0.3 is 5.97 Å². The molecule has 6 N–H and O–H groups in total.